The second-order valence-electron chi connectivity index (χ2n) is 7.34. The van der Waals surface area contributed by atoms with Crippen molar-refractivity contribution in [2.75, 3.05) is 32.4 Å². The monoisotopic (exact) mass is 338 g/mol. The van der Waals surface area contributed by atoms with Gasteiger partial charge in [-0.3, -0.25) is 4.90 Å². The average molecular weight is 338 g/mol. The lowest BCUT2D eigenvalue weighted by Gasteiger charge is -2.52. The quantitative estimate of drug-likeness (QED) is 0.890. The third-order valence-electron chi connectivity index (χ3n) is 5.80. The maximum atomic E-state index is 11.9. The number of benzene rings is 1. The second-order valence-corrected chi connectivity index (χ2v) is 9.33. The van der Waals surface area contributed by atoms with Crippen molar-refractivity contribution < 1.29 is 13.5 Å². The van der Waals surface area contributed by atoms with Gasteiger partial charge in [0.25, 0.3) is 0 Å². The van der Waals surface area contributed by atoms with Crippen molar-refractivity contribution >= 4 is 10.0 Å². The van der Waals surface area contributed by atoms with Crippen LogP contribution in [0, 0.1) is 5.92 Å². The molecule has 2 saturated heterocycles. The van der Waals surface area contributed by atoms with Crippen molar-refractivity contribution in [3.8, 4) is 5.75 Å². The Morgan fingerprint density at radius 3 is 2.65 bits per heavy atom. The Labute approximate surface area is 139 Å². The highest BCUT2D eigenvalue weighted by molar-refractivity contribution is 7.88. The van der Waals surface area contributed by atoms with Crippen LogP contribution < -0.4 is 0 Å². The van der Waals surface area contributed by atoms with Gasteiger partial charge in [-0.2, -0.15) is 4.31 Å². The number of sulfonamides is 1. The van der Waals surface area contributed by atoms with Crippen LogP contribution in [-0.2, 0) is 15.4 Å². The average Bonchev–Trinajstić information content (AvgIpc) is 2.47. The summed E-state index contributed by atoms with van der Waals surface area (Å²) >= 11 is 0. The molecule has 5 nitrogen and oxygen atoms in total. The van der Waals surface area contributed by atoms with Crippen LogP contribution in [-0.4, -0.2) is 61.2 Å². The summed E-state index contributed by atoms with van der Waals surface area (Å²) in [5, 5.41) is 9.83. The summed E-state index contributed by atoms with van der Waals surface area (Å²) in [7, 11) is -3.13. The van der Waals surface area contributed by atoms with Crippen LogP contribution in [0.5, 0.6) is 5.75 Å². The van der Waals surface area contributed by atoms with Gasteiger partial charge in [-0.05, 0) is 35.4 Å². The number of fused-ring (bicyclic) bond motifs is 1. The number of nitrogens with zero attached hydrogens (tertiary/aromatic N) is 2. The normalized spacial score (nSPS) is 33.3. The SMILES string of the molecule is C[C@H]1CN2CCN(S(C)(=O)=O)C[C@H]2C[C@@]1(C)c1cccc(O)c1. The lowest BCUT2D eigenvalue weighted by molar-refractivity contribution is 0.0185. The van der Waals surface area contributed by atoms with E-state index in [1.165, 1.54) is 6.26 Å². The van der Waals surface area contributed by atoms with Crippen molar-refractivity contribution in [1.29, 1.82) is 0 Å². The zero-order valence-electron chi connectivity index (χ0n) is 14.1. The molecule has 0 bridgehead atoms. The minimum Gasteiger partial charge on any atom is -0.508 e. The number of hydrogen-bond acceptors (Lipinski definition) is 4. The lowest BCUT2D eigenvalue weighted by atomic mass is 9.65. The topological polar surface area (TPSA) is 60.9 Å². The molecule has 1 aromatic carbocycles. The number of rotatable bonds is 2. The van der Waals surface area contributed by atoms with Gasteiger partial charge in [0.15, 0.2) is 0 Å². The molecule has 1 aromatic rings. The van der Waals surface area contributed by atoms with Gasteiger partial charge in [-0.25, -0.2) is 8.42 Å². The Bertz CT molecular complexity index is 691. The number of aromatic hydroxyl groups is 1. The fraction of sp³-hybridized carbons (Fsp3) is 0.647. The van der Waals surface area contributed by atoms with Crippen LogP contribution in [0.2, 0.25) is 0 Å². The summed E-state index contributed by atoms with van der Waals surface area (Å²) in [6.07, 6.45) is 2.20. The molecule has 128 valence electrons. The highest BCUT2D eigenvalue weighted by atomic mass is 32.2. The molecule has 0 aliphatic carbocycles. The number of hydrogen-bond donors (Lipinski definition) is 1. The van der Waals surface area contributed by atoms with E-state index < -0.39 is 10.0 Å². The van der Waals surface area contributed by atoms with Gasteiger partial charge in [0.2, 0.25) is 10.0 Å². The Hall–Kier alpha value is -1.11. The van der Waals surface area contributed by atoms with Gasteiger partial charge in [-0.1, -0.05) is 26.0 Å². The highest BCUT2D eigenvalue weighted by Crippen LogP contribution is 2.43. The van der Waals surface area contributed by atoms with E-state index in [-0.39, 0.29) is 11.5 Å². The van der Waals surface area contributed by atoms with E-state index in [1.807, 2.05) is 12.1 Å². The van der Waals surface area contributed by atoms with Crippen LogP contribution >= 0.6 is 0 Å². The zero-order chi connectivity index (χ0) is 16.8. The molecule has 2 aliphatic heterocycles. The molecular formula is C17H26N2O3S. The van der Waals surface area contributed by atoms with Crippen molar-refractivity contribution in [2.24, 2.45) is 5.92 Å². The second kappa shape index (κ2) is 5.76. The molecule has 23 heavy (non-hydrogen) atoms. The number of piperidine rings is 1. The van der Waals surface area contributed by atoms with Crippen molar-refractivity contribution in [3.63, 3.8) is 0 Å². The summed E-state index contributed by atoms with van der Waals surface area (Å²) in [5.74, 6) is 0.741. The fourth-order valence-corrected chi connectivity index (χ4v) is 4.96. The first kappa shape index (κ1) is 16.7. The number of piperazine rings is 1. The van der Waals surface area contributed by atoms with E-state index in [0.29, 0.717) is 24.8 Å². The van der Waals surface area contributed by atoms with Crippen molar-refractivity contribution in [2.45, 2.75) is 31.7 Å². The molecule has 6 heteroatoms. The molecule has 0 amide bonds. The number of phenolic OH excluding ortho intramolecular Hbond substituents is 1. The molecule has 0 saturated carbocycles. The van der Waals surface area contributed by atoms with Crippen molar-refractivity contribution in [3.05, 3.63) is 29.8 Å². The van der Waals surface area contributed by atoms with E-state index in [9.17, 15) is 13.5 Å². The van der Waals surface area contributed by atoms with E-state index in [2.05, 4.69) is 24.8 Å². The summed E-state index contributed by atoms with van der Waals surface area (Å²) in [5.41, 5.74) is 1.08. The largest absolute Gasteiger partial charge is 0.508 e. The first-order chi connectivity index (χ1) is 10.7. The molecule has 1 N–H and O–H groups in total. The summed E-state index contributed by atoms with van der Waals surface area (Å²) < 4.78 is 25.4. The molecule has 3 atom stereocenters. The Morgan fingerprint density at radius 2 is 2.00 bits per heavy atom. The minimum atomic E-state index is -3.13. The molecule has 0 aromatic heterocycles. The molecular weight excluding hydrogens is 312 g/mol. The zero-order valence-corrected chi connectivity index (χ0v) is 14.9. The fourth-order valence-electron chi connectivity index (χ4n) is 4.11. The molecule has 0 spiro atoms. The van der Waals surface area contributed by atoms with Gasteiger partial charge >= 0.3 is 0 Å². The van der Waals surface area contributed by atoms with E-state index in [0.717, 1.165) is 25.1 Å². The third-order valence-corrected chi connectivity index (χ3v) is 7.07. The van der Waals surface area contributed by atoms with Crippen molar-refractivity contribution in [1.82, 2.24) is 9.21 Å². The summed E-state index contributed by atoms with van der Waals surface area (Å²) in [6.45, 7) is 7.42. The summed E-state index contributed by atoms with van der Waals surface area (Å²) in [6, 6.07) is 7.74. The predicted octanol–water partition coefficient (Wildman–Crippen LogP) is 1.64. The maximum Gasteiger partial charge on any atom is 0.211 e. The number of phenols is 1. The molecule has 0 radical (unpaired) electrons. The Morgan fingerprint density at radius 1 is 1.26 bits per heavy atom. The van der Waals surface area contributed by atoms with E-state index >= 15 is 0 Å². The lowest BCUT2D eigenvalue weighted by Crippen LogP contribution is -2.61. The molecule has 2 fully saturated rings. The standard InChI is InChI=1S/C17H26N2O3S/c1-13-11-18-7-8-19(23(3,21)22)12-15(18)10-17(13,2)14-5-4-6-16(20)9-14/h4-6,9,13,15,20H,7-8,10-12H2,1-3H3/t13-,15+,17+/m0/s1. The first-order valence-electron chi connectivity index (χ1n) is 8.19. The van der Waals surface area contributed by atoms with Gasteiger partial charge < -0.3 is 5.11 Å². The van der Waals surface area contributed by atoms with Crippen LogP contribution in [0.4, 0.5) is 0 Å². The maximum absolute atomic E-state index is 11.9. The minimum absolute atomic E-state index is 0.0551. The van der Waals surface area contributed by atoms with Crippen LogP contribution in [0.25, 0.3) is 0 Å². The van der Waals surface area contributed by atoms with Crippen LogP contribution in [0.1, 0.15) is 25.8 Å². The van der Waals surface area contributed by atoms with Gasteiger partial charge in [0, 0.05) is 32.2 Å². The van der Waals surface area contributed by atoms with E-state index in [1.54, 1.807) is 10.4 Å². The van der Waals surface area contributed by atoms with Gasteiger partial charge in [-0.15, -0.1) is 0 Å². The third kappa shape index (κ3) is 3.12. The smallest absolute Gasteiger partial charge is 0.211 e. The molecule has 2 aliphatic rings. The molecule has 3 rings (SSSR count). The van der Waals surface area contributed by atoms with E-state index in [4.69, 9.17) is 0 Å². The Kier molecular flexibility index (Phi) is 4.19. The van der Waals surface area contributed by atoms with Gasteiger partial charge in [0.05, 0.1) is 6.26 Å². The predicted molar refractivity (Wildman–Crippen MR) is 91.0 cm³/mol. The van der Waals surface area contributed by atoms with Crippen LogP contribution in [0.15, 0.2) is 24.3 Å². The highest BCUT2D eigenvalue weighted by Gasteiger charge is 2.45. The summed E-state index contributed by atoms with van der Waals surface area (Å²) in [4.78, 5) is 2.43. The molecule has 0 unspecified atom stereocenters. The Balaban J connectivity index is 1.87. The first-order valence-corrected chi connectivity index (χ1v) is 10.0. The van der Waals surface area contributed by atoms with Gasteiger partial charge in [0.1, 0.15) is 5.75 Å². The molecule has 2 heterocycles. The van der Waals surface area contributed by atoms with Crippen LogP contribution in [0.3, 0.4) is 0 Å².